The molecule has 1 aromatic heterocycles. The summed E-state index contributed by atoms with van der Waals surface area (Å²) in [5, 5.41) is 3.74. The Morgan fingerprint density at radius 1 is 0.794 bits per heavy atom. The highest BCUT2D eigenvalue weighted by Gasteiger charge is 2.33. The Hall–Kier alpha value is -2.88. The summed E-state index contributed by atoms with van der Waals surface area (Å²) in [6, 6.07) is 18.3. The molecule has 0 unspecified atom stereocenters. The molecular formula is C30H39N4+. The zero-order chi connectivity index (χ0) is 23.3. The fraction of sp³-hybridized carbons (Fsp3) is 0.467. The molecule has 178 valence electrons. The first-order chi connectivity index (χ1) is 16.7. The van der Waals surface area contributed by atoms with Crippen LogP contribution in [0, 0.1) is 13.8 Å². The van der Waals surface area contributed by atoms with Crippen LogP contribution in [0.1, 0.15) is 93.2 Å². The van der Waals surface area contributed by atoms with Crippen molar-refractivity contribution < 1.29 is 4.57 Å². The maximum atomic E-state index is 5.23. The van der Waals surface area contributed by atoms with Gasteiger partial charge >= 0.3 is 5.82 Å². The number of aliphatic imine (C=N–C) groups is 1. The normalized spacial score (nSPS) is 18.2. The van der Waals surface area contributed by atoms with E-state index in [2.05, 4.69) is 89.2 Å². The highest BCUT2D eigenvalue weighted by Crippen LogP contribution is 2.31. The molecule has 2 aliphatic rings. The first kappa shape index (κ1) is 22.9. The maximum absolute atomic E-state index is 5.23. The third kappa shape index (κ3) is 5.27. The smallest absolute Gasteiger partial charge is 0.325 e. The highest BCUT2D eigenvalue weighted by molar-refractivity contribution is 6.06. The molecule has 1 N–H and O–H groups in total. The monoisotopic (exact) mass is 455 g/mol. The van der Waals surface area contributed by atoms with Crippen molar-refractivity contribution in [3.8, 4) is 0 Å². The van der Waals surface area contributed by atoms with Gasteiger partial charge in [0.15, 0.2) is 0 Å². The average Bonchev–Trinajstić information content (AvgIpc) is 3.32. The Bertz CT molecular complexity index is 1060. The lowest BCUT2D eigenvalue weighted by Crippen LogP contribution is -2.47. The van der Waals surface area contributed by atoms with Crippen molar-refractivity contribution in [2.24, 2.45) is 4.99 Å². The number of benzene rings is 2. The van der Waals surface area contributed by atoms with Crippen LogP contribution < -0.4 is 9.88 Å². The second-order valence-corrected chi connectivity index (χ2v) is 10.3. The van der Waals surface area contributed by atoms with Crippen molar-refractivity contribution in [1.82, 2.24) is 4.57 Å². The summed E-state index contributed by atoms with van der Waals surface area (Å²) in [6.45, 7) is 4.26. The van der Waals surface area contributed by atoms with Crippen LogP contribution in [0.25, 0.3) is 0 Å². The summed E-state index contributed by atoms with van der Waals surface area (Å²) in [5.74, 6) is 2.19. The van der Waals surface area contributed by atoms with Gasteiger partial charge in [-0.3, -0.25) is 0 Å². The van der Waals surface area contributed by atoms with E-state index in [1.165, 1.54) is 81.2 Å². The quantitative estimate of drug-likeness (QED) is 0.240. The lowest BCUT2D eigenvalue weighted by atomic mass is 9.94. The molecule has 0 radical (unpaired) electrons. The minimum absolute atomic E-state index is 0.552. The molecule has 0 atom stereocenters. The van der Waals surface area contributed by atoms with E-state index in [4.69, 9.17) is 4.99 Å². The van der Waals surface area contributed by atoms with Crippen molar-refractivity contribution in [3.05, 3.63) is 77.9 Å². The van der Waals surface area contributed by atoms with Crippen LogP contribution in [-0.4, -0.2) is 10.4 Å². The van der Waals surface area contributed by atoms with Crippen LogP contribution in [0.15, 0.2) is 65.9 Å². The number of imidazole rings is 1. The van der Waals surface area contributed by atoms with E-state index in [1.54, 1.807) is 0 Å². The van der Waals surface area contributed by atoms with Gasteiger partial charge in [0.1, 0.15) is 24.5 Å². The predicted molar refractivity (Wildman–Crippen MR) is 141 cm³/mol. The lowest BCUT2D eigenvalue weighted by molar-refractivity contribution is -0.726. The zero-order valence-corrected chi connectivity index (χ0v) is 20.8. The first-order valence-corrected chi connectivity index (χ1v) is 13.3. The van der Waals surface area contributed by atoms with Crippen LogP contribution in [0.5, 0.6) is 0 Å². The minimum Gasteiger partial charge on any atom is -0.333 e. The van der Waals surface area contributed by atoms with Crippen LogP contribution in [0.4, 0.5) is 11.4 Å². The summed E-state index contributed by atoms with van der Waals surface area (Å²) >= 11 is 0. The molecule has 2 aromatic carbocycles. The van der Waals surface area contributed by atoms with Gasteiger partial charge < -0.3 is 5.32 Å². The SMILES string of the molecule is Cc1ccc(N=C(Nc2ccc(C)cc2)c2n(C3CCCCC3)cc[n+]2C2CCCCC2)cc1. The Morgan fingerprint density at radius 3 is 2.03 bits per heavy atom. The third-order valence-electron chi connectivity index (χ3n) is 7.61. The van der Waals surface area contributed by atoms with Gasteiger partial charge in [0.25, 0.3) is 0 Å². The Kier molecular flexibility index (Phi) is 7.13. The van der Waals surface area contributed by atoms with Gasteiger partial charge in [-0.1, -0.05) is 48.2 Å². The number of amidine groups is 1. The Balaban J connectivity index is 1.62. The molecule has 0 aliphatic heterocycles. The molecule has 0 saturated heterocycles. The molecule has 0 amide bonds. The average molecular weight is 456 g/mol. The number of nitrogens with one attached hydrogen (secondary N) is 1. The van der Waals surface area contributed by atoms with Gasteiger partial charge in [-0.15, -0.1) is 0 Å². The van der Waals surface area contributed by atoms with Gasteiger partial charge in [0.05, 0.1) is 5.69 Å². The third-order valence-corrected chi connectivity index (χ3v) is 7.61. The second kappa shape index (κ2) is 10.6. The van der Waals surface area contributed by atoms with E-state index >= 15 is 0 Å². The fourth-order valence-corrected chi connectivity index (χ4v) is 5.63. The van der Waals surface area contributed by atoms with Crippen LogP contribution in [0.2, 0.25) is 0 Å². The van der Waals surface area contributed by atoms with E-state index in [9.17, 15) is 0 Å². The number of nitrogens with zero attached hydrogens (tertiary/aromatic N) is 3. The molecule has 1 heterocycles. The van der Waals surface area contributed by atoms with E-state index in [0.29, 0.717) is 12.1 Å². The largest absolute Gasteiger partial charge is 0.333 e. The second-order valence-electron chi connectivity index (χ2n) is 10.3. The molecule has 0 bridgehead atoms. The molecule has 5 rings (SSSR count). The number of hydrogen-bond donors (Lipinski definition) is 1. The van der Waals surface area contributed by atoms with Gasteiger partial charge in [0.2, 0.25) is 5.84 Å². The molecule has 0 spiro atoms. The number of anilines is 1. The van der Waals surface area contributed by atoms with Crippen LogP contribution in [0.3, 0.4) is 0 Å². The van der Waals surface area contributed by atoms with E-state index in [-0.39, 0.29) is 0 Å². The molecule has 34 heavy (non-hydrogen) atoms. The van der Waals surface area contributed by atoms with Crippen molar-refractivity contribution >= 4 is 17.2 Å². The summed E-state index contributed by atoms with van der Waals surface area (Å²) in [6.07, 6.45) is 17.7. The first-order valence-electron chi connectivity index (χ1n) is 13.3. The number of hydrogen-bond acceptors (Lipinski definition) is 1. The topological polar surface area (TPSA) is 33.2 Å². The van der Waals surface area contributed by atoms with Gasteiger partial charge in [0, 0.05) is 5.69 Å². The predicted octanol–water partition coefficient (Wildman–Crippen LogP) is 7.59. The number of aromatic nitrogens is 2. The van der Waals surface area contributed by atoms with Crippen molar-refractivity contribution in [1.29, 1.82) is 0 Å². The molecule has 3 aromatic rings. The molecular weight excluding hydrogens is 416 g/mol. The van der Waals surface area contributed by atoms with Crippen molar-refractivity contribution in [2.45, 2.75) is 90.1 Å². The molecule has 2 aliphatic carbocycles. The minimum atomic E-state index is 0.552. The van der Waals surface area contributed by atoms with Gasteiger partial charge in [-0.05, 0) is 89.5 Å². The summed E-state index contributed by atoms with van der Waals surface area (Å²) in [4.78, 5) is 5.23. The lowest BCUT2D eigenvalue weighted by Gasteiger charge is -2.24. The number of aryl methyl sites for hydroxylation is 2. The Morgan fingerprint density at radius 2 is 1.38 bits per heavy atom. The maximum Gasteiger partial charge on any atom is 0.325 e. The molecule has 4 nitrogen and oxygen atoms in total. The van der Waals surface area contributed by atoms with Gasteiger partial charge in [-0.25, -0.2) is 14.1 Å². The Labute approximate surface area is 204 Å². The van der Waals surface area contributed by atoms with Crippen LogP contribution >= 0.6 is 0 Å². The zero-order valence-electron chi connectivity index (χ0n) is 20.8. The fourth-order valence-electron chi connectivity index (χ4n) is 5.63. The van der Waals surface area contributed by atoms with Crippen molar-refractivity contribution in [2.75, 3.05) is 5.32 Å². The van der Waals surface area contributed by atoms with E-state index in [0.717, 1.165) is 17.2 Å². The van der Waals surface area contributed by atoms with E-state index < -0.39 is 0 Å². The highest BCUT2D eigenvalue weighted by atomic mass is 15.2. The molecule has 4 heteroatoms. The number of rotatable bonds is 5. The summed E-state index contributed by atoms with van der Waals surface area (Å²) < 4.78 is 5.09. The standard InChI is InChI=1S/C30H39N4/c1-23-13-17-25(18-14-23)31-29(32-26-19-15-24(2)16-20-26)30-33(27-9-5-3-6-10-27)21-22-34(30)28-11-7-4-8-12-28/h13-22,27-28H,3-12H2,1-2H3,(H,31,32)/q+1. The van der Waals surface area contributed by atoms with Crippen LogP contribution in [-0.2, 0) is 0 Å². The van der Waals surface area contributed by atoms with Gasteiger partial charge in [-0.2, -0.15) is 0 Å². The summed E-state index contributed by atoms with van der Waals surface area (Å²) in [7, 11) is 0. The van der Waals surface area contributed by atoms with E-state index in [1.807, 2.05) is 0 Å². The molecule has 2 fully saturated rings. The molecule has 2 saturated carbocycles. The van der Waals surface area contributed by atoms with Crippen molar-refractivity contribution in [3.63, 3.8) is 0 Å². The summed E-state index contributed by atoms with van der Waals surface area (Å²) in [5.41, 5.74) is 4.61.